The average Bonchev–Trinajstić information content (AvgIpc) is 3.42. The lowest BCUT2D eigenvalue weighted by Crippen LogP contribution is -2.04. The molecule has 8 aromatic carbocycles. The normalized spacial score (nSPS) is 12.3. The van der Waals surface area contributed by atoms with Crippen LogP contribution in [0.1, 0.15) is 0 Å². The van der Waals surface area contributed by atoms with Crippen molar-refractivity contribution in [1.82, 2.24) is 14.5 Å². The highest BCUT2D eigenvalue weighted by Gasteiger charge is 2.26. The lowest BCUT2D eigenvalue weighted by atomic mass is 9.93. The van der Waals surface area contributed by atoms with E-state index in [1.165, 1.54) is 54.6 Å². The Morgan fingerprint density at radius 1 is 0.404 bits per heavy atom. The molecule has 1 aliphatic rings. The maximum atomic E-state index is 5.52. The molecule has 11 rings (SSSR count). The average molecular weight is 596 g/mol. The summed E-state index contributed by atoms with van der Waals surface area (Å²) >= 11 is 0. The lowest BCUT2D eigenvalue weighted by molar-refractivity contribution is 1.08. The molecule has 2 aromatic heterocycles. The molecule has 0 radical (unpaired) electrons. The zero-order valence-electron chi connectivity index (χ0n) is 25.3. The molecule has 0 unspecified atom stereocenters. The van der Waals surface area contributed by atoms with Gasteiger partial charge in [0.15, 0.2) is 5.82 Å². The summed E-state index contributed by atoms with van der Waals surface area (Å²) in [6.45, 7) is 0. The Kier molecular flexibility index (Phi) is 4.84. The molecule has 3 nitrogen and oxygen atoms in total. The van der Waals surface area contributed by atoms with Crippen molar-refractivity contribution < 1.29 is 0 Å². The smallest absolute Gasteiger partial charge is 0.165 e. The fraction of sp³-hybridized carbons (Fsp3) is 0. The van der Waals surface area contributed by atoms with Crippen molar-refractivity contribution in [2.45, 2.75) is 0 Å². The van der Waals surface area contributed by atoms with Gasteiger partial charge in [-0.1, -0.05) is 127 Å². The number of rotatable bonds is 2. The van der Waals surface area contributed by atoms with E-state index in [0.29, 0.717) is 0 Å². The van der Waals surface area contributed by atoms with Crippen LogP contribution in [0.2, 0.25) is 0 Å². The number of hydrogen-bond donors (Lipinski definition) is 0. The lowest BCUT2D eigenvalue weighted by Gasteiger charge is -2.16. The molecule has 0 saturated carbocycles. The van der Waals surface area contributed by atoms with Crippen molar-refractivity contribution in [3.05, 3.63) is 152 Å². The van der Waals surface area contributed by atoms with Crippen LogP contribution in [0.25, 0.3) is 104 Å². The Bertz CT molecular complexity index is 2970. The van der Waals surface area contributed by atoms with Crippen molar-refractivity contribution in [3.63, 3.8) is 0 Å². The number of benzene rings is 8. The molecule has 0 atom stereocenters. The fourth-order valence-electron chi connectivity index (χ4n) is 8.02. The van der Waals surface area contributed by atoms with Crippen LogP contribution >= 0.6 is 0 Å². The summed E-state index contributed by atoms with van der Waals surface area (Å²) < 4.78 is 2.37. The van der Waals surface area contributed by atoms with Gasteiger partial charge < -0.3 is 0 Å². The number of aromatic nitrogens is 3. The van der Waals surface area contributed by atoms with Crippen LogP contribution in [-0.4, -0.2) is 14.5 Å². The van der Waals surface area contributed by atoms with E-state index in [1.807, 2.05) is 0 Å². The van der Waals surface area contributed by atoms with E-state index in [-0.39, 0.29) is 0 Å². The summed E-state index contributed by atoms with van der Waals surface area (Å²) in [5, 5.41) is 9.72. The van der Waals surface area contributed by atoms with Crippen molar-refractivity contribution >= 4 is 65.2 Å². The van der Waals surface area contributed by atoms with E-state index in [9.17, 15) is 0 Å². The molecule has 0 amide bonds. The third-order valence-corrected chi connectivity index (χ3v) is 10.1. The van der Waals surface area contributed by atoms with Gasteiger partial charge in [0.05, 0.1) is 22.1 Å². The Hall–Kier alpha value is -6.32. The SMILES string of the molecule is c1ccc2c(c1)-c1cccc3ccc4c(c13)c1c-2cccc1n4-c1nc2ccc3ccccc3c2nc1-c1ccc2ccccc2c1. The second-order valence-electron chi connectivity index (χ2n) is 12.6. The van der Waals surface area contributed by atoms with Crippen molar-refractivity contribution in [2.24, 2.45) is 0 Å². The highest BCUT2D eigenvalue weighted by molar-refractivity contribution is 6.30. The quantitative estimate of drug-likeness (QED) is 0.186. The molecular weight excluding hydrogens is 571 g/mol. The van der Waals surface area contributed by atoms with Crippen LogP contribution in [0.4, 0.5) is 0 Å². The van der Waals surface area contributed by atoms with Crippen molar-refractivity contribution in [3.8, 4) is 39.3 Å². The Labute approximate surface area is 270 Å². The fourth-order valence-corrected chi connectivity index (χ4v) is 8.02. The van der Waals surface area contributed by atoms with Gasteiger partial charge >= 0.3 is 0 Å². The van der Waals surface area contributed by atoms with Gasteiger partial charge in [-0.3, -0.25) is 4.57 Å². The van der Waals surface area contributed by atoms with Crippen LogP contribution in [0, 0.1) is 0 Å². The molecule has 0 saturated heterocycles. The molecule has 0 aliphatic heterocycles. The summed E-state index contributed by atoms with van der Waals surface area (Å²) in [6.07, 6.45) is 0. The van der Waals surface area contributed by atoms with Crippen molar-refractivity contribution in [2.75, 3.05) is 0 Å². The molecule has 0 fully saturated rings. The second-order valence-corrected chi connectivity index (χ2v) is 12.6. The molecule has 0 bridgehead atoms. The highest BCUT2D eigenvalue weighted by Crippen LogP contribution is 2.50. The predicted molar refractivity (Wildman–Crippen MR) is 196 cm³/mol. The largest absolute Gasteiger partial charge is 0.292 e. The zero-order chi connectivity index (χ0) is 30.6. The minimum atomic E-state index is 0.839. The molecule has 0 spiro atoms. The van der Waals surface area contributed by atoms with Gasteiger partial charge in [-0.15, -0.1) is 0 Å². The third kappa shape index (κ3) is 3.35. The first-order chi connectivity index (χ1) is 23.3. The minimum Gasteiger partial charge on any atom is -0.292 e. The number of nitrogens with zero attached hydrogens (tertiary/aromatic N) is 3. The van der Waals surface area contributed by atoms with Gasteiger partial charge in [0, 0.05) is 21.7 Å². The third-order valence-electron chi connectivity index (χ3n) is 10.1. The first-order valence-corrected chi connectivity index (χ1v) is 16.1. The minimum absolute atomic E-state index is 0.839. The molecule has 0 N–H and O–H groups in total. The van der Waals surface area contributed by atoms with E-state index in [1.54, 1.807) is 0 Å². The van der Waals surface area contributed by atoms with Gasteiger partial charge in [0.2, 0.25) is 0 Å². The van der Waals surface area contributed by atoms with Gasteiger partial charge in [0.1, 0.15) is 5.69 Å². The molecule has 47 heavy (non-hydrogen) atoms. The topological polar surface area (TPSA) is 30.7 Å². The summed E-state index contributed by atoms with van der Waals surface area (Å²) in [6, 6.07) is 54.7. The van der Waals surface area contributed by atoms with E-state index in [4.69, 9.17) is 9.97 Å². The van der Waals surface area contributed by atoms with Crippen LogP contribution in [0.5, 0.6) is 0 Å². The molecule has 2 heterocycles. The first-order valence-electron chi connectivity index (χ1n) is 16.1. The summed E-state index contributed by atoms with van der Waals surface area (Å²) in [5.74, 6) is 0.839. The highest BCUT2D eigenvalue weighted by atomic mass is 15.1. The predicted octanol–water partition coefficient (Wildman–Crippen LogP) is 11.5. The van der Waals surface area contributed by atoms with Gasteiger partial charge in [-0.25, -0.2) is 9.97 Å². The van der Waals surface area contributed by atoms with Crippen LogP contribution < -0.4 is 0 Å². The summed E-state index contributed by atoms with van der Waals surface area (Å²) in [5.41, 5.74) is 11.0. The Morgan fingerprint density at radius 2 is 1.04 bits per heavy atom. The first kappa shape index (κ1) is 24.9. The second kappa shape index (κ2) is 9.12. The van der Waals surface area contributed by atoms with E-state index in [0.717, 1.165) is 49.9 Å². The maximum Gasteiger partial charge on any atom is 0.165 e. The monoisotopic (exact) mass is 595 g/mol. The van der Waals surface area contributed by atoms with Crippen molar-refractivity contribution in [1.29, 1.82) is 0 Å². The van der Waals surface area contributed by atoms with Gasteiger partial charge in [-0.05, 0) is 73.5 Å². The van der Waals surface area contributed by atoms with Crippen LogP contribution in [0.3, 0.4) is 0 Å². The molecule has 3 heteroatoms. The number of fused-ring (bicyclic) bond motifs is 7. The maximum absolute atomic E-state index is 5.52. The van der Waals surface area contributed by atoms with E-state index < -0.39 is 0 Å². The van der Waals surface area contributed by atoms with E-state index in [2.05, 4.69) is 156 Å². The molecule has 216 valence electrons. The summed E-state index contributed by atoms with van der Waals surface area (Å²) in [7, 11) is 0. The van der Waals surface area contributed by atoms with E-state index >= 15 is 0 Å². The van der Waals surface area contributed by atoms with Gasteiger partial charge in [-0.2, -0.15) is 0 Å². The van der Waals surface area contributed by atoms with Crippen LogP contribution in [-0.2, 0) is 0 Å². The molecular formula is C44H25N3. The van der Waals surface area contributed by atoms with Crippen LogP contribution in [0.15, 0.2) is 152 Å². The zero-order valence-corrected chi connectivity index (χ0v) is 25.3. The molecule has 1 aliphatic carbocycles. The standard InChI is InChI=1S/C44H25N3/c1-2-11-29-25-30(20-19-26(29)9-1)42-44(45-36-23-21-27-10-3-4-13-31(27)43(36)46-42)47-37-18-8-17-35-33-15-6-5-14-32(33)34-16-7-12-28-22-24-38(47)41(39(28)34)40(35)37/h1-25H. The Balaban J connectivity index is 1.34. The summed E-state index contributed by atoms with van der Waals surface area (Å²) in [4.78, 5) is 11.0. The molecule has 10 aromatic rings. The number of hydrogen-bond acceptors (Lipinski definition) is 2. The van der Waals surface area contributed by atoms with Gasteiger partial charge in [0.25, 0.3) is 0 Å². The Morgan fingerprint density at radius 3 is 1.91 bits per heavy atom.